The minimum atomic E-state index is -0.960. The highest BCUT2D eigenvalue weighted by Crippen LogP contribution is 2.32. The Morgan fingerprint density at radius 1 is 1.44 bits per heavy atom. The van der Waals surface area contributed by atoms with Gasteiger partial charge in [0.1, 0.15) is 15.6 Å². The summed E-state index contributed by atoms with van der Waals surface area (Å²) in [7, 11) is 1.57. The maximum atomic E-state index is 10.7. The lowest BCUT2D eigenvalue weighted by Crippen LogP contribution is -1.89. The predicted molar refractivity (Wildman–Crippen MR) is 61.1 cm³/mol. The van der Waals surface area contributed by atoms with Gasteiger partial charge in [-0.25, -0.2) is 9.78 Å². The molecule has 0 aliphatic carbocycles. The summed E-state index contributed by atoms with van der Waals surface area (Å²) in [5, 5.41) is 9.46. The molecule has 2 aromatic rings. The molecule has 1 aromatic carbocycles. The highest BCUT2D eigenvalue weighted by molar-refractivity contribution is 7.16. The van der Waals surface area contributed by atoms with Crippen LogP contribution >= 0.6 is 11.3 Å². The molecule has 0 saturated heterocycles. The number of methoxy groups -OCH3 is 1. The molecular formula is C11H9NO3S. The number of aromatic carboxylic acids is 1. The third-order valence-electron chi connectivity index (χ3n) is 2.05. The minimum Gasteiger partial charge on any atom is -0.496 e. The van der Waals surface area contributed by atoms with Crippen LogP contribution in [0, 0.1) is 0 Å². The van der Waals surface area contributed by atoms with Gasteiger partial charge in [-0.2, -0.15) is 0 Å². The summed E-state index contributed by atoms with van der Waals surface area (Å²) < 4.78 is 5.19. The monoisotopic (exact) mass is 235 g/mol. The molecule has 0 atom stereocenters. The summed E-state index contributed by atoms with van der Waals surface area (Å²) in [5.74, 6) is -0.271. The third kappa shape index (κ3) is 1.90. The molecule has 0 aliphatic rings. The third-order valence-corrected chi connectivity index (χ3v) is 3.07. The van der Waals surface area contributed by atoms with E-state index in [1.165, 1.54) is 6.20 Å². The Labute approximate surface area is 96.1 Å². The van der Waals surface area contributed by atoms with Crippen LogP contribution in [0.3, 0.4) is 0 Å². The van der Waals surface area contributed by atoms with Crippen molar-refractivity contribution in [1.82, 2.24) is 4.98 Å². The van der Waals surface area contributed by atoms with Gasteiger partial charge in [0.25, 0.3) is 0 Å². The zero-order valence-electron chi connectivity index (χ0n) is 8.51. The molecule has 82 valence electrons. The van der Waals surface area contributed by atoms with Crippen molar-refractivity contribution in [3.63, 3.8) is 0 Å². The van der Waals surface area contributed by atoms with E-state index in [4.69, 9.17) is 9.84 Å². The number of para-hydroxylation sites is 1. The van der Waals surface area contributed by atoms with Crippen LogP contribution in [0.5, 0.6) is 5.75 Å². The summed E-state index contributed by atoms with van der Waals surface area (Å²) in [6, 6.07) is 7.38. The molecule has 0 amide bonds. The lowest BCUT2D eigenvalue weighted by atomic mass is 10.2. The fourth-order valence-corrected chi connectivity index (χ4v) is 2.10. The molecule has 0 bridgehead atoms. The number of carboxylic acid groups (broad SMARTS) is 1. The molecule has 1 heterocycles. The highest BCUT2D eigenvalue weighted by atomic mass is 32.1. The average Bonchev–Trinajstić information content (AvgIpc) is 2.78. The van der Waals surface area contributed by atoms with Gasteiger partial charge >= 0.3 is 5.97 Å². The quantitative estimate of drug-likeness (QED) is 0.888. The number of carbonyl (C=O) groups is 1. The van der Waals surface area contributed by atoms with E-state index in [-0.39, 0.29) is 4.88 Å². The van der Waals surface area contributed by atoms with E-state index in [2.05, 4.69) is 4.98 Å². The van der Waals surface area contributed by atoms with Gasteiger partial charge in [0.05, 0.1) is 18.9 Å². The van der Waals surface area contributed by atoms with Crippen molar-refractivity contribution in [2.24, 2.45) is 0 Å². The van der Waals surface area contributed by atoms with Crippen LogP contribution in [0.25, 0.3) is 10.6 Å². The zero-order chi connectivity index (χ0) is 11.5. The Balaban J connectivity index is 2.46. The summed E-state index contributed by atoms with van der Waals surface area (Å²) in [6.45, 7) is 0. The Hall–Kier alpha value is -1.88. The standard InChI is InChI=1S/C11H9NO3S/c1-15-8-5-3-2-4-7(8)10-12-6-9(16-10)11(13)14/h2-6H,1H3,(H,13,14). The van der Waals surface area contributed by atoms with Gasteiger partial charge in [-0.05, 0) is 12.1 Å². The average molecular weight is 235 g/mol. The molecule has 1 aromatic heterocycles. The zero-order valence-corrected chi connectivity index (χ0v) is 9.32. The van der Waals surface area contributed by atoms with Gasteiger partial charge in [0, 0.05) is 0 Å². The number of ether oxygens (including phenoxy) is 1. The van der Waals surface area contributed by atoms with E-state index >= 15 is 0 Å². The van der Waals surface area contributed by atoms with Crippen LogP contribution in [-0.4, -0.2) is 23.2 Å². The molecule has 16 heavy (non-hydrogen) atoms. The Morgan fingerprint density at radius 2 is 2.19 bits per heavy atom. The maximum Gasteiger partial charge on any atom is 0.347 e. The van der Waals surface area contributed by atoms with E-state index in [0.29, 0.717) is 10.8 Å². The van der Waals surface area contributed by atoms with Crippen molar-refractivity contribution in [2.45, 2.75) is 0 Å². The molecule has 0 radical (unpaired) electrons. The summed E-state index contributed by atoms with van der Waals surface area (Å²) in [4.78, 5) is 15.0. The molecule has 0 aliphatic heterocycles. The molecule has 0 fully saturated rings. The minimum absolute atomic E-state index is 0.223. The molecule has 5 heteroatoms. The molecule has 0 unspecified atom stereocenters. The number of rotatable bonds is 3. The fourth-order valence-electron chi connectivity index (χ4n) is 1.32. The van der Waals surface area contributed by atoms with Crippen molar-refractivity contribution in [2.75, 3.05) is 7.11 Å². The summed E-state index contributed by atoms with van der Waals surface area (Å²) >= 11 is 1.13. The van der Waals surface area contributed by atoms with Crippen LogP contribution < -0.4 is 4.74 Å². The number of benzene rings is 1. The predicted octanol–water partition coefficient (Wildman–Crippen LogP) is 2.52. The van der Waals surface area contributed by atoms with Crippen molar-refractivity contribution in [3.8, 4) is 16.3 Å². The van der Waals surface area contributed by atoms with Gasteiger partial charge < -0.3 is 9.84 Å². The number of aromatic nitrogens is 1. The first-order chi connectivity index (χ1) is 7.72. The number of hydrogen-bond acceptors (Lipinski definition) is 4. The number of thiazole rings is 1. The van der Waals surface area contributed by atoms with Crippen molar-refractivity contribution >= 4 is 17.3 Å². The smallest absolute Gasteiger partial charge is 0.347 e. The second-order valence-electron chi connectivity index (χ2n) is 3.04. The van der Waals surface area contributed by atoms with Gasteiger partial charge in [-0.3, -0.25) is 0 Å². The Morgan fingerprint density at radius 3 is 2.81 bits per heavy atom. The van der Waals surface area contributed by atoms with Crippen LogP contribution in [0.1, 0.15) is 9.67 Å². The molecule has 1 N–H and O–H groups in total. The van der Waals surface area contributed by atoms with Gasteiger partial charge in [0.2, 0.25) is 0 Å². The number of nitrogens with zero attached hydrogens (tertiary/aromatic N) is 1. The largest absolute Gasteiger partial charge is 0.496 e. The Bertz CT molecular complexity index is 521. The fraction of sp³-hybridized carbons (Fsp3) is 0.0909. The van der Waals surface area contributed by atoms with Crippen molar-refractivity contribution in [1.29, 1.82) is 0 Å². The topological polar surface area (TPSA) is 59.4 Å². The molecule has 0 saturated carbocycles. The highest BCUT2D eigenvalue weighted by Gasteiger charge is 2.12. The van der Waals surface area contributed by atoms with E-state index in [9.17, 15) is 4.79 Å². The number of hydrogen-bond donors (Lipinski definition) is 1. The Kier molecular flexibility index (Phi) is 2.87. The SMILES string of the molecule is COc1ccccc1-c1ncc(C(=O)O)s1. The molecule has 2 rings (SSSR count). The lowest BCUT2D eigenvalue weighted by Gasteiger charge is -2.04. The first-order valence-electron chi connectivity index (χ1n) is 4.55. The molecule has 4 nitrogen and oxygen atoms in total. The van der Waals surface area contributed by atoms with E-state index in [0.717, 1.165) is 16.9 Å². The van der Waals surface area contributed by atoms with Crippen LogP contribution in [0.2, 0.25) is 0 Å². The first kappa shape index (κ1) is 10.6. The van der Waals surface area contributed by atoms with E-state index < -0.39 is 5.97 Å². The van der Waals surface area contributed by atoms with Crippen LogP contribution in [-0.2, 0) is 0 Å². The number of carboxylic acids is 1. The lowest BCUT2D eigenvalue weighted by molar-refractivity contribution is 0.0702. The van der Waals surface area contributed by atoms with Gasteiger partial charge in [0.15, 0.2) is 0 Å². The summed E-state index contributed by atoms with van der Waals surface area (Å²) in [6.07, 6.45) is 1.36. The summed E-state index contributed by atoms with van der Waals surface area (Å²) in [5.41, 5.74) is 0.808. The van der Waals surface area contributed by atoms with E-state index in [1.54, 1.807) is 7.11 Å². The molecule has 0 spiro atoms. The van der Waals surface area contributed by atoms with Crippen molar-refractivity contribution in [3.05, 3.63) is 35.3 Å². The second kappa shape index (κ2) is 4.32. The molecular weight excluding hydrogens is 226 g/mol. The van der Waals surface area contributed by atoms with Crippen molar-refractivity contribution < 1.29 is 14.6 Å². The maximum absolute atomic E-state index is 10.7. The van der Waals surface area contributed by atoms with Gasteiger partial charge in [-0.15, -0.1) is 11.3 Å². The van der Waals surface area contributed by atoms with Crippen LogP contribution in [0.4, 0.5) is 0 Å². The van der Waals surface area contributed by atoms with Gasteiger partial charge in [-0.1, -0.05) is 12.1 Å². The second-order valence-corrected chi connectivity index (χ2v) is 4.07. The van der Waals surface area contributed by atoms with E-state index in [1.807, 2.05) is 24.3 Å². The first-order valence-corrected chi connectivity index (χ1v) is 5.36. The van der Waals surface area contributed by atoms with Crippen LogP contribution in [0.15, 0.2) is 30.5 Å². The normalized spacial score (nSPS) is 10.1.